The molecule has 3 atom stereocenters. The molecule has 20 heavy (non-hydrogen) atoms. The van der Waals surface area contributed by atoms with Crippen LogP contribution in [0.4, 0.5) is 0 Å². The third kappa shape index (κ3) is 2.74. The van der Waals surface area contributed by atoms with Gasteiger partial charge in [-0.1, -0.05) is 20.8 Å². The smallest absolute Gasteiger partial charge is 0.223 e. The molecule has 1 heterocycles. The largest absolute Gasteiger partial charge is 0.353 e. The Morgan fingerprint density at radius 2 is 1.85 bits per heavy atom. The van der Waals surface area contributed by atoms with Crippen LogP contribution in [0.2, 0.25) is 0 Å². The van der Waals surface area contributed by atoms with Gasteiger partial charge in [-0.15, -0.1) is 0 Å². The Bertz CT molecular complexity index is 384. The lowest BCUT2D eigenvalue weighted by atomic mass is 9.70. The van der Waals surface area contributed by atoms with Crippen molar-refractivity contribution in [1.29, 1.82) is 0 Å². The summed E-state index contributed by atoms with van der Waals surface area (Å²) in [5.74, 6) is 1.28. The Hall–Kier alpha value is -0.570. The fourth-order valence-corrected chi connectivity index (χ4v) is 4.64. The first-order valence-corrected chi connectivity index (χ1v) is 8.43. The van der Waals surface area contributed by atoms with E-state index in [1.54, 1.807) is 0 Å². The zero-order valence-corrected chi connectivity index (χ0v) is 13.3. The Morgan fingerprint density at radius 3 is 2.50 bits per heavy atom. The van der Waals surface area contributed by atoms with Crippen molar-refractivity contribution in [2.75, 3.05) is 13.1 Å². The number of nitrogens with one attached hydrogen (secondary N) is 2. The van der Waals surface area contributed by atoms with Crippen LogP contribution in [0.25, 0.3) is 0 Å². The zero-order chi connectivity index (χ0) is 14.4. The highest BCUT2D eigenvalue weighted by Crippen LogP contribution is 2.58. The predicted molar refractivity (Wildman–Crippen MR) is 81.4 cm³/mol. The van der Waals surface area contributed by atoms with Crippen LogP contribution < -0.4 is 10.6 Å². The molecule has 1 spiro atoms. The molecule has 3 heteroatoms. The lowest BCUT2D eigenvalue weighted by molar-refractivity contribution is -0.124. The van der Waals surface area contributed by atoms with Gasteiger partial charge in [-0.25, -0.2) is 0 Å². The summed E-state index contributed by atoms with van der Waals surface area (Å²) < 4.78 is 0. The minimum atomic E-state index is 0.312. The summed E-state index contributed by atoms with van der Waals surface area (Å²) in [6.07, 6.45) is 7.14. The van der Waals surface area contributed by atoms with Gasteiger partial charge in [-0.05, 0) is 68.4 Å². The summed E-state index contributed by atoms with van der Waals surface area (Å²) >= 11 is 0. The SMILES string of the molecule is CC1CC(C)(C)CCC1NC(=O)C1CC12CCNCC2. The molecule has 3 rings (SSSR count). The maximum absolute atomic E-state index is 12.5. The molecule has 0 aromatic rings. The molecule has 0 aromatic carbocycles. The van der Waals surface area contributed by atoms with E-state index in [2.05, 4.69) is 31.4 Å². The van der Waals surface area contributed by atoms with Crippen molar-refractivity contribution in [2.24, 2.45) is 22.7 Å². The van der Waals surface area contributed by atoms with Gasteiger partial charge < -0.3 is 10.6 Å². The maximum atomic E-state index is 12.5. The van der Waals surface area contributed by atoms with E-state index >= 15 is 0 Å². The van der Waals surface area contributed by atoms with E-state index in [0.29, 0.717) is 34.6 Å². The topological polar surface area (TPSA) is 41.1 Å². The monoisotopic (exact) mass is 278 g/mol. The van der Waals surface area contributed by atoms with Crippen molar-refractivity contribution in [3.8, 4) is 0 Å². The van der Waals surface area contributed by atoms with E-state index in [1.165, 1.54) is 25.7 Å². The lowest BCUT2D eigenvalue weighted by Crippen LogP contribution is -2.45. The minimum Gasteiger partial charge on any atom is -0.353 e. The standard InChI is InChI=1S/C17H30N2O/c1-12-10-16(2,3)5-4-14(12)19-15(20)13-11-17(13)6-8-18-9-7-17/h12-14,18H,4-11H2,1-3H3,(H,19,20). The van der Waals surface area contributed by atoms with E-state index in [4.69, 9.17) is 0 Å². The zero-order valence-electron chi connectivity index (χ0n) is 13.3. The molecular formula is C17H30N2O. The van der Waals surface area contributed by atoms with Crippen LogP contribution in [-0.2, 0) is 4.79 Å². The number of hydrogen-bond donors (Lipinski definition) is 2. The van der Waals surface area contributed by atoms with Crippen molar-refractivity contribution in [2.45, 2.75) is 65.3 Å². The van der Waals surface area contributed by atoms with Gasteiger partial charge in [0.05, 0.1) is 0 Å². The molecule has 3 fully saturated rings. The summed E-state index contributed by atoms with van der Waals surface area (Å²) in [4.78, 5) is 12.5. The average Bonchev–Trinajstić information content (AvgIpc) is 3.07. The van der Waals surface area contributed by atoms with Gasteiger partial charge in [0.25, 0.3) is 0 Å². The first-order valence-electron chi connectivity index (χ1n) is 8.43. The van der Waals surface area contributed by atoms with Crippen LogP contribution in [-0.4, -0.2) is 25.0 Å². The molecule has 3 unspecified atom stereocenters. The van der Waals surface area contributed by atoms with Crippen LogP contribution in [0.15, 0.2) is 0 Å². The molecule has 0 bridgehead atoms. The summed E-state index contributed by atoms with van der Waals surface area (Å²) in [5, 5.41) is 6.79. The van der Waals surface area contributed by atoms with Crippen molar-refractivity contribution in [3.05, 3.63) is 0 Å². The maximum Gasteiger partial charge on any atom is 0.223 e. The average molecular weight is 278 g/mol. The Morgan fingerprint density at radius 1 is 1.15 bits per heavy atom. The number of amides is 1. The first kappa shape index (κ1) is 14.4. The summed E-state index contributed by atoms with van der Waals surface area (Å²) in [6, 6.07) is 0.412. The molecule has 1 saturated heterocycles. The Balaban J connectivity index is 1.53. The summed E-state index contributed by atoms with van der Waals surface area (Å²) in [5.41, 5.74) is 0.822. The Kier molecular flexibility index (Phi) is 3.60. The van der Waals surface area contributed by atoms with Crippen molar-refractivity contribution >= 4 is 5.91 Å². The van der Waals surface area contributed by atoms with E-state index in [-0.39, 0.29) is 0 Å². The molecule has 1 amide bonds. The normalized spacial score (nSPS) is 38.5. The number of carbonyl (C=O) groups is 1. The van der Waals surface area contributed by atoms with E-state index in [0.717, 1.165) is 25.9 Å². The first-order chi connectivity index (χ1) is 9.42. The van der Waals surface area contributed by atoms with Crippen molar-refractivity contribution in [1.82, 2.24) is 10.6 Å². The Labute approximate surface area is 123 Å². The molecule has 114 valence electrons. The minimum absolute atomic E-state index is 0.312. The molecule has 2 aliphatic carbocycles. The van der Waals surface area contributed by atoms with Gasteiger partial charge in [0, 0.05) is 12.0 Å². The van der Waals surface area contributed by atoms with Crippen LogP contribution in [0.5, 0.6) is 0 Å². The van der Waals surface area contributed by atoms with Gasteiger partial charge in [-0.3, -0.25) is 4.79 Å². The van der Waals surface area contributed by atoms with Crippen molar-refractivity contribution < 1.29 is 4.79 Å². The number of rotatable bonds is 2. The predicted octanol–water partition coefficient (Wildman–Crippen LogP) is 2.71. The highest BCUT2D eigenvalue weighted by Gasteiger charge is 2.57. The fourth-order valence-electron chi connectivity index (χ4n) is 4.64. The highest BCUT2D eigenvalue weighted by molar-refractivity contribution is 5.83. The molecular weight excluding hydrogens is 248 g/mol. The van der Waals surface area contributed by atoms with Gasteiger partial charge in [0.15, 0.2) is 0 Å². The quantitative estimate of drug-likeness (QED) is 0.815. The second-order valence-electron chi connectivity index (χ2n) is 8.37. The molecule has 2 saturated carbocycles. The van der Waals surface area contributed by atoms with Crippen LogP contribution in [0.1, 0.15) is 59.3 Å². The molecule has 1 aliphatic heterocycles. The summed E-state index contributed by atoms with van der Waals surface area (Å²) in [7, 11) is 0. The molecule has 0 aromatic heterocycles. The number of carbonyl (C=O) groups excluding carboxylic acids is 1. The third-order valence-electron chi connectivity index (χ3n) is 6.13. The van der Waals surface area contributed by atoms with Crippen LogP contribution >= 0.6 is 0 Å². The van der Waals surface area contributed by atoms with E-state index in [1.807, 2.05) is 0 Å². The molecule has 3 nitrogen and oxygen atoms in total. The van der Waals surface area contributed by atoms with Gasteiger partial charge in [-0.2, -0.15) is 0 Å². The lowest BCUT2D eigenvalue weighted by Gasteiger charge is -2.39. The number of hydrogen-bond acceptors (Lipinski definition) is 2. The molecule has 3 aliphatic rings. The molecule has 0 radical (unpaired) electrons. The summed E-state index contributed by atoms with van der Waals surface area (Å²) in [6.45, 7) is 9.20. The van der Waals surface area contributed by atoms with Crippen molar-refractivity contribution in [3.63, 3.8) is 0 Å². The van der Waals surface area contributed by atoms with Gasteiger partial charge in [0.2, 0.25) is 5.91 Å². The van der Waals surface area contributed by atoms with E-state index in [9.17, 15) is 4.79 Å². The van der Waals surface area contributed by atoms with Crippen LogP contribution in [0, 0.1) is 22.7 Å². The van der Waals surface area contributed by atoms with Gasteiger partial charge in [0.1, 0.15) is 0 Å². The second-order valence-corrected chi connectivity index (χ2v) is 8.37. The van der Waals surface area contributed by atoms with E-state index < -0.39 is 0 Å². The highest BCUT2D eigenvalue weighted by atomic mass is 16.2. The number of piperidine rings is 1. The fraction of sp³-hybridized carbons (Fsp3) is 0.941. The van der Waals surface area contributed by atoms with Gasteiger partial charge >= 0.3 is 0 Å². The third-order valence-corrected chi connectivity index (χ3v) is 6.13. The van der Waals surface area contributed by atoms with Crippen LogP contribution in [0.3, 0.4) is 0 Å². The second kappa shape index (κ2) is 5.01. The molecule has 2 N–H and O–H groups in total.